The van der Waals surface area contributed by atoms with Gasteiger partial charge in [-0.2, -0.15) is 0 Å². The lowest BCUT2D eigenvalue weighted by atomic mass is 9.75. The van der Waals surface area contributed by atoms with Crippen LogP contribution in [0.15, 0.2) is 12.5 Å². The summed E-state index contributed by atoms with van der Waals surface area (Å²) >= 11 is 0. The van der Waals surface area contributed by atoms with Gasteiger partial charge in [0, 0.05) is 25.3 Å². The second-order valence-electron chi connectivity index (χ2n) is 6.20. The van der Waals surface area contributed by atoms with E-state index in [0.29, 0.717) is 30.2 Å². The Hall–Kier alpha value is -1.36. The van der Waals surface area contributed by atoms with E-state index in [9.17, 15) is 4.79 Å². The molecule has 19 heavy (non-hydrogen) atoms. The van der Waals surface area contributed by atoms with Gasteiger partial charge in [0.25, 0.3) is 5.91 Å². The Morgan fingerprint density at radius 3 is 2.84 bits per heavy atom. The summed E-state index contributed by atoms with van der Waals surface area (Å²) in [5.74, 6) is -0.0690. The Bertz CT molecular complexity index is 428. The van der Waals surface area contributed by atoms with Crippen LogP contribution in [0.1, 0.15) is 50.0 Å². The molecule has 1 fully saturated rings. The van der Waals surface area contributed by atoms with Gasteiger partial charge in [-0.05, 0) is 31.1 Å². The summed E-state index contributed by atoms with van der Waals surface area (Å²) in [6, 6.07) is 0.292. The van der Waals surface area contributed by atoms with Crippen LogP contribution in [0.5, 0.6) is 0 Å². The Balaban J connectivity index is 1.87. The first-order valence-corrected chi connectivity index (χ1v) is 7.03. The summed E-state index contributed by atoms with van der Waals surface area (Å²) < 4.78 is 1.85. The molecule has 0 aliphatic heterocycles. The summed E-state index contributed by atoms with van der Waals surface area (Å²) in [6.07, 6.45) is 7.87. The molecule has 1 saturated carbocycles. The van der Waals surface area contributed by atoms with Gasteiger partial charge in [-0.15, -0.1) is 0 Å². The number of imidazole rings is 1. The van der Waals surface area contributed by atoms with E-state index in [4.69, 9.17) is 5.73 Å². The van der Waals surface area contributed by atoms with E-state index in [0.717, 1.165) is 12.8 Å². The van der Waals surface area contributed by atoms with E-state index in [1.165, 1.54) is 12.8 Å². The van der Waals surface area contributed by atoms with Crippen LogP contribution >= 0.6 is 0 Å². The molecule has 3 N–H and O–H groups in total. The minimum absolute atomic E-state index is 0.0690. The van der Waals surface area contributed by atoms with Crippen molar-refractivity contribution in [3.63, 3.8) is 0 Å². The van der Waals surface area contributed by atoms with E-state index < -0.39 is 0 Å². The van der Waals surface area contributed by atoms with Crippen LogP contribution in [0.3, 0.4) is 0 Å². The number of hydrogen-bond donors (Lipinski definition) is 2. The highest BCUT2D eigenvalue weighted by molar-refractivity contribution is 5.92. The van der Waals surface area contributed by atoms with E-state index in [1.54, 1.807) is 12.5 Å². The van der Waals surface area contributed by atoms with Crippen LogP contribution in [0.4, 0.5) is 0 Å². The standard InChI is InChI=1S/C14H24N4O/c1-14(2)5-3-11(4-6-14)17-13(19)12-9-18(8-7-15)10-16-12/h9-11H,3-8,15H2,1-2H3,(H,17,19). The van der Waals surface area contributed by atoms with Crippen molar-refractivity contribution >= 4 is 5.91 Å². The Kier molecular flexibility index (Phi) is 4.24. The topological polar surface area (TPSA) is 72.9 Å². The molecule has 0 saturated heterocycles. The largest absolute Gasteiger partial charge is 0.348 e. The third-order valence-corrected chi connectivity index (χ3v) is 3.93. The van der Waals surface area contributed by atoms with Crippen molar-refractivity contribution in [2.45, 2.75) is 52.1 Å². The van der Waals surface area contributed by atoms with Gasteiger partial charge in [0.15, 0.2) is 0 Å². The van der Waals surface area contributed by atoms with Crippen LogP contribution in [0.2, 0.25) is 0 Å². The van der Waals surface area contributed by atoms with Crippen molar-refractivity contribution < 1.29 is 4.79 Å². The number of nitrogens with zero attached hydrogens (tertiary/aromatic N) is 2. The van der Waals surface area contributed by atoms with Gasteiger partial charge in [-0.1, -0.05) is 13.8 Å². The van der Waals surface area contributed by atoms with Crippen LogP contribution in [-0.2, 0) is 6.54 Å². The molecule has 0 radical (unpaired) electrons. The summed E-state index contributed by atoms with van der Waals surface area (Å²) in [6.45, 7) is 5.83. The molecule has 5 nitrogen and oxygen atoms in total. The molecular formula is C14H24N4O. The molecule has 2 rings (SSSR count). The van der Waals surface area contributed by atoms with Crippen molar-refractivity contribution in [3.8, 4) is 0 Å². The highest BCUT2D eigenvalue weighted by Gasteiger charge is 2.27. The fourth-order valence-electron chi connectivity index (χ4n) is 2.55. The molecule has 0 atom stereocenters. The number of aromatic nitrogens is 2. The highest BCUT2D eigenvalue weighted by Crippen LogP contribution is 2.34. The molecule has 1 aromatic rings. The summed E-state index contributed by atoms with van der Waals surface area (Å²) in [4.78, 5) is 16.2. The van der Waals surface area contributed by atoms with E-state index in [2.05, 4.69) is 24.1 Å². The van der Waals surface area contributed by atoms with Gasteiger partial charge in [-0.3, -0.25) is 4.79 Å². The maximum Gasteiger partial charge on any atom is 0.271 e. The van der Waals surface area contributed by atoms with Gasteiger partial charge in [0.05, 0.1) is 6.33 Å². The van der Waals surface area contributed by atoms with Crippen molar-refractivity contribution in [2.75, 3.05) is 6.54 Å². The van der Waals surface area contributed by atoms with E-state index in [1.807, 2.05) is 4.57 Å². The zero-order valence-corrected chi connectivity index (χ0v) is 11.9. The van der Waals surface area contributed by atoms with Crippen molar-refractivity contribution in [1.82, 2.24) is 14.9 Å². The smallest absolute Gasteiger partial charge is 0.271 e. The maximum absolute atomic E-state index is 12.1. The van der Waals surface area contributed by atoms with Crippen molar-refractivity contribution in [2.24, 2.45) is 11.1 Å². The number of nitrogens with two attached hydrogens (primary N) is 1. The van der Waals surface area contributed by atoms with Crippen LogP contribution < -0.4 is 11.1 Å². The zero-order valence-electron chi connectivity index (χ0n) is 11.9. The van der Waals surface area contributed by atoms with Gasteiger partial charge in [0.1, 0.15) is 5.69 Å². The average molecular weight is 264 g/mol. The molecule has 0 aromatic carbocycles. The number of amides is 1. The number of carbonyl (C=O) groups is 1. The first kappa shape index (κ1) is 14.1. The number of hydrogen-bond acceptors (Lipinski definition) is 3. The predicted octanol–water partition coefficient (Wildman–Crippen LogP) is 1.54. The Labute approximate surface area is 114 Å². The SMILES string of the molecule is CC1(C)CCC(NC(=O)c2cn(CCN)cn2)CC1. The number of rotatable bonds is 4. The molecule has 1 aliphatic carbocycles. The molecule has 0 spiro atoms. The maximum atomic E-state index is 12.1. The molecular weight excluding hydrogens is 240 g/mol. The minimum atomic E-state index is -0.0690. The minimum Gasteiger partial charge on any atom is -0.348 e. The number of carbonyl (C=O) groups excluding carboxylic acids is 1. The normalized spacial score (nSPS) is 19.3. The quantitative estimate of drug-likeness (QED) is 0.866. The fourth-order valence-corrected chi connectivity index (χ4v) is 2.55. The second kappa shape index (κ2) is 5.74. The van der Waals surface area contributed by atoms with E-state index >= 15 is 0 Å². The first-order valence-electron chi connectivity index (χ1n) is 7.03. The molecule has 0 unspecified atom stereocenters. The summed E-state index contributed by atoms with van der Waals surface area (Å²) in [7, 11) is 0. The second-order valence-corrected chi connectivity index (χ2v) is 6.20. The third kappa shape index (κ3) is 3.80. The predicted molar refractivity (Wildman–Crippen MR) is 74.8 cm³/mol. The van der Waals surface area contributed by atoms with E-state index in [-0.39, 0.29) is 5.91 Å². The molecule has 1 amide bonds. The van der Waals surface area contributed by atoms with Crippen LogP contribution in [-0.4, -0.2) is 28.0 Å². The molecule has 106 valence electrons. The average Bonchev–Trinajstić information content (AvgIpc) is 2.81. The lowest BCUT2D eigenvalue weighted by molar-refractivity contribution is 0.0904. The molecule has 0 bridgehead atoms. The lowest BCUT2D eigenvalue weighted by Crippen LogP contribution is -2.39. The third-order valence-electron chi connectivity index (χ3n) is 3.93. The first-order chi connectivity index (χ1) is 9.00. The van der Waals surface area contributed by atoms with Gasteiger partial charge < -0.3 is 15.6 Å². The molecule has 5 heteroatoms. The van der Waals surface area contributed by atoms with Gasteiger partial charge in [-0.25, -0.2) is 4.98 Å². The fraction of sp³-hybridized carbons (Fsp3) is 0.714. The van der Waals surface area contributed by atoms with Crippen LogP contribution in [0, 0.1) is 5.41 Å². The highest BCUT2D eigenvalue weighted by atomic mass is 16.2. The zero-order chi connectivity index (χ0) is 13.9. The Morgan fingerprint density at radius 2 is 2.21 bits per heavy atom. The molecule has 1 aliphatic rings. The van der Waals surface area contributed by atoms with Crippen molar-refractivity contribution in [1.29, 1.82) is 0 Å². The van der Waals surface area contributed by atoms with Gasteiger partial charge in [0.2, 0.25) is 0 Å². The van der Waals surface area contributed by atoms with Crippen LogP contribution in [0.25, 0.3) is 0 Å². The van der Waals surface area contributed by atoms with Crippen molar-refractivity contribution in [3.05, 3.63) is 18.2 Å². The van der Waals surface area contributed by atoms with Gasteiger partial charge >= 0.3 is 0 Å². The lowest BCUT2D eigenvalue weighted by Gasteiger charge is -2.34. The summed E-state index contributed by atoms with van der Waals surface area (Å²) in [5.41, 5.74) is 6.38. The monoisotopic (exact) mass is 264 g/mol. The molecule has 1 aromatic heterocycles. The number of nitrogens with one attached hydrogen (secondary N) is 1. The molecule has 1 heterocycles. The summed E-state index contributed by atoms with van der Waals surface area (Å²) in [5, 5.41) is 3.08. The Morgan fingerprint density at radius 1 is 1.53 bits per heavy atom.